The number of rotatable bonds is 4. The van der Waals surface area contributed by atoms with Crippen LogP contribution in [-0.2, 0) is 24.1 Å². The van der Waals surface area contributed by atoms with Crippen LogP contribution in [0.2, 0.25) is 0 Å². The molecule has 1 atom stereocenters. The number of hydrogen-bond acceptors (Lipinski definition) is 3. The predicted molar refractivity (Wildman–Crippen MR) is 101 cm³/mol. The van der Waals surface area contributed by atoms with E-state index in [-0.39, 0.29) is 23.1 Å². The molecule has 5 heteroatoms. The normalized spacial score (nSPS) is 18.7. The maximum absolute atomic E-state index is 12.9. The van der Waals surface area contributed by atoms with Crippen LogP contribution < -0.4 is 10.9 Å². The second-order valence-electron chi connectivity index (χ2n) is 7.22. The van der Waals surface area contributed by atoms with Gasteiger partial charge in [-0.25, -0.2) is 0 Å². The van der Waals surface area contributed by atoms with Gasteiger partial charge in [-0.3, -0.25) is 9.59 Å². The van der Waals surface area contributed by atoms with Crippen LogP contribution in [0.1, 0.15) is 46.3 Å². The van der Waals surface area contributed by atoms with E-state index >= 15 is 0 Å². The molecule has 26 heavy (non-hydrogen) atoms. The smallest absolute Gasteiger partial charge is 0.263 e. The molecule has 5 nitrogen and oxygen atoms in total. The number of aryl methyl sites for hydroxylation is 2. The second-order valence-corrected chi connectivity index (χ2v) is 7.22. The highest BCUT2D eigenvalue weighted by molar-refractivity contribution is 6.05. The van der Waals surface area contributed by atoms with Gasteiger partial charge in [-0.15, -0.1) is 0 Å². The average molecular weight is 352 g/mol. The van der Waals surface area contributed by atoms with E-state index in [4.69, 9.17) is 4.74 Å². The highest BCUT2D eigenvalue weighted by Crippen LogP contribution is 2.29. The molecule has 1 aromatic carbocycles. The van der Waals surface area contributed by atoms with Crippen LogP contribution in [0.3, 0.4) is 0 Å². The summed E-state index contributed by atoms with van der Waals surface area (Å²) in [6.07, 6.45) is 6.94. The van der Waals surface area contributed by atoms with Crippen molar-refractivity contribution in [1.29, 1.82) is 0 Å². The number of fused-ring (bicyclic) bond motifs is 1. The lowest BCUT2D eigenvalue weighted by atomic mass is 10.1. The summed E-state index contributed by atoms with van der Waals surface area (Å²) < 4.78 is 7.23. The number of carbonyl (C=O) groups is 1. The van der Waals surface area contributed by atoms with E-state index in [0.717, 1.165) is 44.4 Å². The van der Waals surface area contributed by atoms with Gasteiger partial charge in [0.25, 0.3) is 11.5 Å². The Balaban J connectivity index is 1.61. The first kappa shape index (κ1) is 17.0. The molecule has 0 bridgehead atoms. The predicted octanol–water partition coefficient (Wildman–Crippen LogP) is 3.08. The van der Waals surface area contributed by atoms with E-state index in [1.807, 2.05) is 25.1 Å². The molecule has 2 aliphatic rings. The molecule has 2 heterocycles. The van der Waals surface area contributed by atoms with Crippen LogP contribution in [0.25, 0.3) is 0 Å². The van der Waals surface area contributed by atoms with Crippen molar-refractivity contribution in [3.05, 3.63) is 63.1 Å². The second kappa shape index (κ2) is 7.08. The van der Waals surface area contributed by atoms with Crippen molar-refractivity contribution in [2.24, 2.45) is 0 Å². The van der Waals surface area contributed by atoms with Gasteiger partial charge < -0.3 is 14.6 Å². The van der Waals surface area contributed by atoms with Crippen molar-refractivity contribution in [3.8, 4) is 0 Å². The fourth-order valence-corrected chi connectivity index (χ4v) is 4.01. The van der Waals surface area contributed by atoms with Gasteiger partial charge in [0.05, 0.1) is 12.6 Å². The van der Waals surface area contributed by atoms with E-state index in [0.29, 0.717) is 12.1 Å². The molecule has 1 aromatic heterocycles. The maximum atomic E-state index is 12.9. The Labute approximate surface area is 153 Å². The number of amides is 1. The molecule has 1 amide bonds. The zero-order valence-corrected chi connectivity index (χ0v) is 15.1. The molecule has 0 radical (unpaired) electrons. The molecular weight excluding hydrogens is 328 g/mol. The van der Waals surface area contributed by atoms with Gasteiger partial charge in [0.2, 0.25) is 0 Å². The standard InChI is InChI=1S/C21H24N2O3/c1-14-10-11-23(13-16-7-4-12-26-16)21(25)19(14)20(24)22-18-9-3-6-15-5-2-8-17(15)18/h3,6,9-11,16H,2,4-5,7-8,12-13H2,1H3,(H,22,24). The van der Waals surface area contributed by atoms with Crippen molar-refractivity contribution in [1.82, 2.24) is 4.57 Å². The van der Waals surface area contributed by atoms with Gasteiger partial charge in [-0.05, 0) is 67.9 Å². The van der Waals surface area contributed by atoms with Crippen LogP contribution in [0, 0.1) is 6.92 Å². The number of carbonyl (C=O) groups excluding carboxylic acids is 1. The van der Waals surface area contributed by atoms with Gasteiger partial charge in [0, 0.05) is 18.5 Å². The molecule has 1 unspecified atom stereocenters. The Morgan fingerprint density at radius 3 is 2.96 bits per heavy atom. The number of nitrogens with zero attached hydrogens (tertiary/aromatic N) is 1. The summed E-state index contributed by atoms with van der Waals surface area (Å²) in [7, 11) is 0. The fourth-order valence-electron chi connectivity index (χ4n) is 4.01. The molecule has 0 saturated carbocycles. The summed E-state index contributed by atoms with van der Waals surface area (Å²) in [6.45, 7) is 3.06. The molecule has 1 aliphatic carbocycles. The highest BCUT2D eigenvalue weighted by Gasteiger charge is 2.22. The molecule has 1 fully saturated rings. The summed E-state index contributed by atoms with van der Waals surface area (Å²) in [5.74, 6) is -0.325. The van der Waals surface area contributed by atoms with Crippen LogP contribution in [0.5, 0.6) is 0 Å². The van der Waals surface area contributed by atoms with Gasteiger partial charge in [0.15, 0.2) is 0 Å². The lowest BCUT2D eigenvalue weighted by Gasteiger charge is -2.15. The Morgan fingerprint density at radius 1 is 1.27 bits per heavy atom. The van der Waals surface area contributed by atoms with Crippen LogP contribution >= 0.6 is 0 Å². The van der Waals surface area contributed by atoms with Crippen molar-refractivity contribution < 1.29 is 9.53 Å². The molecule has 2 aromatic rings. The van der Waals surface area contributed by atoms with Crippen molar-refractivity contribution >= 4 is 11.6 Å². The number of aromatic nitrogens is 1. The molecular formula is C21H24N2O3. The summed E-state index contributed by atoms with van der Waals surface area (Å²) in [5.41, 5.74) is 4.01. The summed E-state index contributed by atoms with van der Waals surface area (Å²) in [6, 6.07) is 7.83. The minimum atomic E-state index is -0.325. The van der Waals surface area contributed by atoms with Gasteiger partial charge >= 0.3 is 0 Å². The van der Waals surface area contributed by atoms with Gasteiger partial charge in [-0.2, -0.15) is 0 Å². The Kier molecular flexibility index (Phi) is 4.64. The number of benzene rings is 1. The number of hydrogen-bond donors (Lipinski definition) is 1. The van der Waals surface area contributed by atoms with Crippen LogP contribution in [-0.4, -0.2) is 23.2 Å². The SMILES string of the molecule is Cc1ccn(CC2CCCO2)c(=O)c1C(=O)Nc1cccc2c1CCC2. The first-order chi connectivity index (χ1) is 12.6. The van der Waals surface area contributed by atoms with E-state index in [1.165, 1.54) is 11.1 Å². The van der Waals surface area contributed by atoms with Crippen molar-refractivity contribution in [2.45, 2.75) is 51.7 Å². The van der Waals surface area contributed by atoms with Gasteiger partial charge in [0.1, 0.15) is 5.56 Å². The third-order valence-corrected chi connectivity index (χ3v) is 5.42. The molecule has 1 saturated heterocycles. The van der Waals surface area contributed by atoms with Crippen LogP contribution in [0.15, 0.2) is 35.3 Å². The molecule has 1 N–H and O–H groups in total. The highest BCUT2D eigenvalue weighted by atomic mass is 16.5. The first-order valence-corrected chi connectivity index (χ1v) is 9.37. The fraction of sp³-hybridized carbons (Fsp3) is 0.429. The third-order valence-electron chi connectivity index (χ3n) is 5.42. The molecule has 0 spiro atoms. The first-order valence-electron chi connectivity index (χ1n) is 9.37. The Bertz CT molecular complexity index is 895. The summed E-state index contributed by atoms with van der Waals surface area (Å²) in [4.78, 5) is 25.8. The number of nitrogens with one attached hydrogen (secondary N) is 1. The quantitative estimate of drug-likeness (QED) is 0.920. The topological polar surface area (TPSA) is 60.3 Å². The minimum Gasteiger partial charge on any atom is -0.376 e. The van der Waals surface area contributed by atoms with E-state index in [1.54, 1.807) is 10.8 Å². The summed E-state index contributed by atoms with van der Waals surface area (Å²) in [5, 5.41) is 2.98. The number of ether oxygens (including phenoxy) is 1. The van der Waals surface area contributed by atoms with Crippen molar-refractivity contribution in [3.63, 3.8) is 0 Å². The summed E-state index contributed by atoms with van der Waals surface area (Å²) >= 11 is 0. The minimum absolute atomic E-state index is 0.0590. The van der Waals surface area contributed by atoms with Crippen molar-refractivity contribution in [2.75, 3.05) is 11.9 Å². The maximum Gasteiger partial charge on any atom is 0.263 e. The zero-order chi connectivity index (χ0) is 18.1. The molecule has 136 valence electrons. The number of pyridine rings is 1. The van der Waals surface area contributed by atoms with E-state index in [9.17, 15) is 9.59 Å². The lowest BCUT2D eigenvalue weighted by Crippen LogP contribution is -2.33. The Hall–Kier alpha value is -2.40. The van der Waals surface area contributed by atoms with E-state index in [2.05, 4.69) is 11.4 Å². The number of anilines is 1. The largest absolute Gasteiger partial charge is 0.376 e. The zero-order valence-electron chi connectivity index (χ0n) is 15.1. The Morgan fingerprint density at radius 2 is 2.15 bits per heavy atom. The monoisotopic (exact) mass is 352 g/mol. The van der Waals surface area contributed by atoms with Crippen LogP contribution in [0.4, 0.5) is 5.69 Å². The average Bonchev–Trinajstić information content (AvgIpc) is 3.29. The van der Waals surface area contributed by atoms with Gasteiger partial charge in [-0.1, -0.05) is 12.1 Å². The lowest BCUT2D eigenvalue weighted by molar-refractivity contribution is 0.0952. The molecule has 1 aliphatic heterocycles. The third kappa shape index (κ3) is 3.19. The molecule has 4 rings (SSSR count). The van der Waals surface area contributed by atoms with E-state index < -0.39 is 0 Å².